The number of ether oxygens (including phenoxy) is 1. The Balaban J connectivity index is 1.84. The lowest BCUT2D eigenvalue weighted by Crippen LogP contribution is -2.14. The number of carbonyl (C=O) groups excluding carboxylic acids is 2. The average Bonchev–Trinajstić information content (AvgIpc) is 3.26. The zero-order chi connectivity index (χ0) is 18.7. The van der Waals surface area contributed by atoms with Crippen LogP contribution < -0.4 is 5.32 Å². The van der Waals surface area contributed by atoms with E-state index < -0.39 is 5.97 Å². The molecular weight excluding hydrogens is 352 g/mol. The Morgan fingerprint density at radius 3 is 2.85 bits per heavy atom. The van der Waals surface area contributed by atoms with E-state index in [9.17, 15) is 9.59 Å². The molecule has 0 aliphatic carbocycles. The molecule has 0 bridgehead atoms. The summed E-state index contributed by atoms with van der Waals surface area (Å²) >= 11 is 1.32. The zero-order valence-corrected chi connectivity index (χ0v) is 15.4. The predicted molar refractivity (Wildman–Crippen MR) is 99.5 cm³/mol. The number of hydrogen-bond acceptors (Lipinski definition) is 6. The van der Waals surface area contributed by atoms with Gasteiger partial charge in [0, 0.05) is 29.0 Å². The first-order valence-electron chi connectivity index (χ1n) is 8.02. The third kappa shape index (κ3) is 3.36. The fourth-order valence-electron chi connectivity index (χ4n) is 2.67. The highest BCUT2D eigenvalue weighted by Crippen LogP contribution is 2.26. The van der Waals surface area contributed by atoms with Crippen molar-refractivity contribution in [3.63, 3.8) is 0 Å². The Labute approximate surface area is 154 Å². The summed E-state index contributed by atoms with van der Waals surface area (Å²) < 4.78 is 4.82. The van der Waals surface area contributed by atoms with Crippen LogP contribution in [0.2, 0.25) is 0 Å². The van der Waals surface area contributed by atoms with Crippen LogP contribution in [0.15, 0.2) is 29.9 Å². The number of thiazole rings is 1. The summed E-state index contributed by atoms with van der Waals surface area (Å²) in [4.78, 5) is 36.1. The third-order valence-corrected chi connectivity index (χ3v) is 4.74. The van der Waals surface area contributed by atoms with E-state index in [4.69, 9.17) is 4.74 Å². The molecule has 8 heteroatoms. The molecule has 2 N–H and O–H groups in total. The molecule has 134 valence electrons. The number of amides is 1. The van der Waals surface area contributed by atoms with Crippen molar-refractivity contribution in [1.29, 1.82) is 0 Å². The SMILES string of the molecule is CCc1[nH]c(C(=O)Nc2nc(-c3cccnc3)cs2)c(C)c1C(=O)OC. The van der Waals surface area contributed by atoms with Gasteiger partial charge in [0.25, 0.3) is 5.91 Å². The van der Waals surface area contributed by atoms with Crippen molar-refractivity contribution in [2.24, 2.45) is 0 Å². The summed E-state index contributed by atoms with van der Waals surface area (Å²) in [5.74, 6) is -0.804. The van der Waals surface area contributed by atoms with Crippen LogP contribution >= 0.6 is 11.3 Å². The summed E-state index contributed by atoms with van der Waals surface area (Å²) in [6.07, 6.45) is 3.99. The number of pyridine rings is 1. The molecule has 0 fully saturated rings. The van der Waals surface area contributed by atoms with Gasteiger partial charge in [0.05, 0.1) is 18.4 Å². The highest BCUT2D eigenvalue weighted by atomic mass is 32.1. The van der Waals surface area contributed by atoms with Crippen LogP contribution in [0.4, 0.5) is 5.13 Å². The van der Waals surface area contributed by atoms with Gasteiger partial charge in [0.15, 0.2) is 5.13 Å². The summed E-state index contributed by atoms with van der Waals surface area (Å²) in [6, 6.07) is 3.73. The lowest BCUT2D eigenvalue weighted by atomic mass is 10.1. The van der Waals surface area contributed by atoms with Gasteiger partial charge in [-0.15, -0.1) is 11.3 Å². The molecule has 0 aliphatic heterocycles. The maximum Gasteiger partial charge on any atom is 0.339 e. The standard InChI is InChI=1S/C18H18N4O3S/c1-4-12-14(17(24)25-3)10(2)15(20-12)16(23)22-18-21-13(9-26-18)11-6-5-7-19-8-11/h5-9,20H,4H2,1-3H3,(H,21,22,23). The number of methoxy groups -OCH3 is 1. The van der Waals surface area contributed by atoms with E-state index in [1.807, 2.05) is 24.4 Å². The van der Waals surface area contributed by atoms with E-state index in [1.165, 1.54) is 18.4 Å². The second-order valence-corrected chi connectivity index (χ2v) is 6.42. The van der Waals surface area contributed by atoms with Crippen molar-refractivity contribution in [3.8, 4) is 11.3 Å². The zero-order valence-electron chi connectivity index (χ0n) is 14.6. The van der Waals surface area contributed by atoms with Crippen molar-refractivity contribution < 1.29 is 14.3 Å². The highest BCUT2D eigenvalue weighted by molar-refractivity contribution is 7.14. The summed E-state index contributed by atoms with van der Waals surface area (Å²) in [7, 11) is 1.32. The molecule has 0 spiro atoms. The van der Waals surface area contributed by atoms with Gasteiger partial charge in [-0.25, -0.2) is 9.78 Å². The molecule has 0 unspecified atom stereocenters. The molecular formula is C18H18N4O3S. The normalized spacial score (nSPS) is 10.6. The van der Waals surface area contributed by atoms with Crippen LogP contribution in [0.1, 0.15) is 39.0 Å². The van der Waals surface area contributed by atoms with Crippen LogP contribution in [0.3, 0.4) is 0 Å². The Kier molecular flexibility index (Phi) is 5.13. The van der Waals surface area contributed by atoms with E-state index in [0.29, 0.717) is 34.1 Å². The third-order valence-electron chi connectivity index (χ3n) is 3.98. The molecule has 3 rings (SSSR count). The first-order valence-corrected chi connectivity index (χ1v) is 8.90. The first-order chi connectivity index (χ1) is 12.5. The minimum atomic E-state index is -0.456. The van der Waals surface area contributed by atoms with E-state index >= 15 is 0 Å². The second-order valence-electron chi connectivity index (χ2n) is 5.56. The molecule has 0 aliphatic rings. The number of aryl methyl sites for hydroxylation is 1. The molecule has 0 atom stereocenters. The molecule has 0 radical (unpaired) electrons. The van der Waals surface area contributed by atoms with E-state index in [2.05, 4.69) is 20.3 Å². The van der Waals surface area contributed by atoms with Crippen molar-refractivity contribution in [1.82, 2.24) is 15.0 Å². The van der Waals surface area contributed by atoms with Crippen LogP contribution in [0.25, 0.3) is 11.3 Å². The molecule has 0 saturated heterocycles. The second kappa shape index (κ2) is 7.49. The molecule has 0 saturated carbocycles. The quantitative estimate of drug-likeness (QED) is 0.671. The number of aromatic amines is 1. The molecule has 3 aromatic rings. The molecule has 3 heterocycles. The Morgan fingerprint density at radius 2 is 2.19 bits per heavy atom. The highest BCUT2D eigenvalue weighted by Gasteiger charge is 2.24. The van der Waals surface area contributed by atoms with Crippen molar-refractivity contribution in [2.45, 2.75) is 20.3 Å². The number of anilines is 1. The number of nitrogens with zero attached hydrogens (tertiary/aromatic N) is 2. The lowest BCUT2D eigenvalue weighted by Gasteiger charge is -2.02. The fraction of sp³-hybridized carbons (Fsp3) is 0.222. The largest absolute Gasteiger partial charge is 0.465 e. The Bertz CT molecular complexity index is 947. The summed E-state index contributed by atoms with van der Waals surface area (Å²) in [6.45, 7) is 3.63. The number of nitrogens with one attached hydrogen (secondary N) is 2. The van der Waals surface area contributed by atoms with Gasteiger partial charge in [-0.3, -0.25) is 15.1 Å². The van der Waals surface area contributed by atoms with Crippen molar-refractivity contribution in [2.75, 3.05) is 12.4 Å². The maximum absolute atomic E-state index is 12.6. The fourth-order valence-corrected chi connectivity index (χ4v) is 3.38. The van der Waals surface area contributed by atoms with Gasteiger partial charge in [0.1, 0.15) is 5.69 Å². The molecule has 26 heavy (non-hydrogen) atoms. The van der Waals surface area contributed by atoms with Gasteiger partial charge in [-0.2, -0.15) is 0 Å². The minimum Gasteiger partial charge on any atom is -0.465 e. The van der Waals surface area contributed by atoms with Crippen molar-refractivity contribution >= 4 is 28.3 Å². The van der Waals surface area contributed by atoms with Gasteiger partial charge in [-0.05, 0) is 31.0 Å². The number of carbonyl (C=O) groups is 2. The van der Waals surface area contributed by atoms with Gasteiger partial charge >= 0.3 is 5.97 Å². The lowest BCUT2D eigenvalue weighted by molar-refractivity contribution is 0.0599. The number of hydrogen-bond donors (Lipinski definition) is 2. The van der Waals surface area contributed by atoms with Crippen molar-refractivity contribution in [3.05, 3.63) is 52.4 Å². The molecule has 3 aromatic heterocycles. The maximum atomic E-state index is 12.6. The smallest absolute Gasteiger partial charge is 0.339 e. The topological polar surface area (TPSA) is 97.0 Å². The first kappa shape index (κ1) is 17.8. The van der Waals surface area contributed by atoms with E-state index in [0.717, 1.165) is 11.3 Å². The Hall–Kier alpha value is -3.00. The number of aromatic nitrogens is 3. The minimum absolute atomic E-state index is 0.334. The van der Waals surface area contributed by atoms with Crippen LogP contribution in [0, 0.1) is 6.92 Å². The monoisotopic (exact) mass is 370 g/mol. The number of esters is 1. The van der Waals surface area contributed by atoms with Crippen LogP contribution in [-0.4, -0.2) is 33.9 Å². The van der Waals surface area contributed by atoms with Gasteiger partial charge in [0.2, 0.25) is 0 Å². The van der Waals surface area contributed by atoms with Crippen LogP contribution in [0.5, 0.6) is 0 Å². The molecule has 7 nitrogen and oxygen atoms in total. The number of H-pyrrole nitrogens is 1. The van der Waals surface area contributed by atoms with Gasteiger partial charge in [-0.1, -0.05) is 6.92 Å². The van der Waals surface area contributed by atoms with Gasteiger partial charge < -0.3 is 9.72 Å². The van der Waals surface area contributed by atoms with E-state index in [1.54, 1.807) is 19.3 Å². The summed E-state index contributed by atoms with van der Waals surface area (Å²) in [5.41, 5.74) is 3.60. The number of rotatable bonds is 5. The van der Waals surface area contributed by atoms with Crippen LogP contribution in [-0.2, 0) is 11.2 Å². The molecule has 0 aromatic carbocycles. The average molecular weight is 370 g/mol. The van der Waals surface area contributed by atoms with E-state index in [-0.39, 0.29) is 5.91 Å². The summed E-state index contributed by atoms with van der Waals surface area (Å²) in [5, 5.41) is 5.10. The molecule has 1 amide bonds. The Morgan fingerprint density at radius 1 is 1.38 bits per heavy atom. The predicted octanol–water partition coefficient (Wildman–Crippen LogP) is 3.44.